The molecule has 0 aliphatic carbocycles. The van der Waals surface area contributed by atoms with Crippen LogP contribution in [-0.4, -0.2) is 25.2 Å². The van der Waals surface area contributed by atoms with Crippen LogP contribution in [0.4, 0.5) is 5.69 Å². The maximum atomic E-state index is 12.7. The average Bonchev–Trinajstić information content (AvgIpc) is 2.75. The van der Waals surface area contributed by atoms with Gasteiger partial charge in [-0.2, -0.15) is 0 Å². The Bertz CT molecular complexity index is 1140. The minimum atomic E-state index is -3.49. The van der Waals surface area contributed by atoms with Crippen molar-refractivity contribution in [2.45, 2.75) is 37.6 Å². The number of anilines is 1. The summed E-state index contributed by atoms with van der Waals surface area (Å²) in [5.74, 6) is -0.461. The molecule has 2 N–H and O–H groups in total. The van der Waals surface area contributed by atoms with Crippen molar-refractivity contribution < 1.29 is 13.2 Å². The molecule has 7 heteroatoms. The maximum absolute atomic E-state index is 12.7. The molecule has 0 aliphatic heterocycles. The van der Waals surface area contributed by atoms with Crippen molar-refractivity contribution in [3.63, 3.8) is 0 Å². The number of sulfone groups is 1. The van der Waals surface area contributed by atoms with Gasteiger partial charge >= 0.3 is 0 Å². The maximum Gasteiger partial charge on any atom is 0.255 e. The molecule has 0 spiro atoms. The summed E-state index contributed by atoms with van der Waals surface area (Å²) in [6.45, 7) is 6.52. The van der Waals surface area contributed by atoms with E-state index in [1.165, 1.54) is 0 Å². The first-order valence-electron chi connectivity index (χ1n) is 10.0. The van der Waals surface area contributed by atoms with Gasteiger partial charge in [-0.15, -0.1) is 0 Å². The third-order valence-corrected chi connectivity index (χ3v) is 6.46. The highest BCUT2D eigenvalue weighted by Crippen LogP contribution is 2.23. The zero-order valence-electron chi connectivity index (χ0n) is 17.9. The second-order valence-electron chi connectivity index (χ2n) is 8.31. The predicted molar refractivity (Wildman–Crippen MR) is 123 cm³/mol. The minimum Gasteiger partial charge on any atom is -0.320 e. The highest BCUT2D eigenvalue weighted by atomic mass is 32.2. The van der Waals surface area contributed by atoms with Gasteiger partial charge in [-0.05, 0) is 46.9 Å². The first-order valence-corrected chi connectivity index (χ1v) is 11.7. The van der Waals surface area contributed by atoms with Crippen molar-refractivity contribution in [3.8, 4) is 0 Å². The van der Waals surface area contributed by atoms with E-state index in [0.717, 1.165) is 11.1 Å². The number of pyridine rings is 1. The number of carbonyl (C=O) groups excluding carboxylic acids is 1. The number of hydrogen-bond acceptors (Lipinski definition) is 5. The monoisotopic (exact) mass is 437 g/mol. The quantitative estimate of drug-likeness (QED) is 0.580. The summed E-state index contributed by atoms with van der Waals surface area (Å²) in [6, 6.07) is 17.6. The molecule has 1 heterocycles. The van der Waals surface area contributed by atoms with Crippen LogP contribution in [0.2, 0.25) is 0 Å². The van der Waals surface area contributed by atoms with E-state index in [9.17, 15) is 13.2 Å². The van der Waals surface area contributed by atoms with Crippen LogP contribution in [0.3, 0.4) is 0 Å². The van der Waals surface area contributed by atoms with Gasteiger partial charge in [0.25, 0.3) is 5.91 Å². The number of nitrogens with one attached hydrogen (secondary N) is 2. The highest BCUT2D eigenvalue weighted by Gasteiger charge is 2.18. The molecule has 3 rings (SSSR count). The van der Waals surface area contributed by atoms with Gasteiger partial charge in [0.15, 0.2) is 9.84 Å². The summed E-state index contributed by atoms with van der Waals surface area (Å²) in [7, 11) is -3.49. The van der Waals surface area contributed by atoms with E-state index in [1.807, 2.05) is 18.2 Å². The number of benzene rings is 2. The Balaban J connectivity index is 1.64. The summed E-state index contributed by atoms with van der Waals surface area (Å²) < 4.78 is 25.4. The SMILES string of the molecule is CC(C)(C)c1ccc(S(=O)(=O)CNCc2ccncc2NC(=O)c2ccccc2)cc1. The molecule has 1 amide bonds. The van der Waals surface area contributed by atoms with Crippen LogP contribution in [0.15, 0.2) is 78.0 Å². The van der Waals surface area contributed by atoms with Gasteiger partial charge < -0.3 is 5.32 Å². The lowest BCUT2D eigenvalue weighted by atomic mass is 9.87. The first kappa shape index (κ1) is 22.7. The van der Waals surface area contributed by atoms with E-state index < -0.39 is 9.84 Å². The third-order valence-electron chi connectivity index (χ3n) is 4.88. The second-order valence-corrected chi connectivity index (χ2v) is 10.3. The third kappa shape index (κ3) is 5.99. The molecule has 0 atom stereocenters. The van der Waals surface area contributed by atoms with Crippen LogP contribution in [0.5, 0.6) is 0 Å². The summed E-state index contributed by atoms with van der Waals surface area (Å²) in [6.07, 6.45) is 3.16. The van der Waals surface area contributed by atoms with Crippen LogP contribution in [0.1, 0.15) is 42.3 Å². The Kier molecular flexibility index (Phi) is 6.87. The normalized spacial score (nSPS) is 11.8. The average molecular weight is 438 g/mol. The largest absolute Gasteiger partial charge is 0.320 e. The van der Waals surface area contributed by atoms with E-state index in [4.69, 9.17) is 0 Å². The standard InChI is InChI=1S/C24H27N3O3S/c1-24(2,3)20-9-11-21(12-10-20)31(29,30)17-26-15-19-13-14-25-16-22(19)27-23(28)18-7-5-4-6-8-18/h4-14,16,26H,15,17H2,1-3H3,(H,27,28). The molecule has 0 aliphatic rings. The van der Waals surface area contributed by atoms with Gasteiger partial charge in [0, 0.05) is 18.3 Å². The molecule has 0 radical (unpaired) electrons. The van der Waals surface area contributed by atoms with E-state index in [0.29, 0.717) is 11.3 Å². The second kappa shape index (κ2) is 9.41. The molecule has 6 nitrogen and oxygen atoms in total. The van der Waals surface area contributed by atoms with Crippen molar-refractivity contribution in [2.24, 2.45) is 0 Å². The van der Waals surface area contributed by atoms with Crippen LogP contribution < -0.4 is 10.6 Å². The number of rotatable bonds is 7. The van der Waals surface area contributed by atoms with Gasteiger partial charge in [-0.1, -0.05) is 51.1 Å². The molecule has 31 heavy (non-hydrogen) atoms. The van der Waals surface area contributed by atoms with Gasteiger partial charge in [0.05, 0.1) is 16.8 Å². The van der Waals surface area contributed by atoms with Crippen LogP contribution >= 0.6 is 0 Å². The lowest BCUT2D eigenvalue weighted by Crippen LogP contribution is -2.24. The van der Waals surface area contributed by atoms with Crippen LogP contribution in [0, 0.1) is 0 Å². The molecular formula is C24H27N3O3S. The number of nitrogens with zero attached hydrogens (tertiary/aromatic N) is 1. The van der Waals surface area contributed by atoms with Crippen molar-refractivity contribution >= 4 is 21.4 Å². The summed E-state index contributed by atoms with van der Waals surface area (Å²) in [4.78, 5) is 16.8. The van der Waals surface area contributed by atoms with E-state index in [1.54, 1.807) is 54.9 Å². The molecular weight excluding hydrogens is 410 g/mol. The lowest BCUT2D eigenvalue weighted by molar-refractivity contribution is 0.102. The number of aromatic nitrogens is 1. The van der Waals surface area contributed by atoms with Crippen molar-refractivity contribution in [1.29, 1.82) is 0 Å². The zero-order chi connectivity index (χ0) is 22.5. The van der Waals surface area contributed by atoms with Crippen molar-refractivity contribution in [3.05, 3.63) is 89.7 Å². The molecule has 2 aromatic carbocycles. The Morgan fingerprint density at radius 1 is 0.968 bits per heavy atom. The minimum absolute atomic E-state index is 0.0392. The van der Waals surface area contributed by atoms with E-state index >= 15 is 0 Å². The Morgan fingerprint density at radius 2 is 1.65 bits per heavy atom. The summed E-state index contributed by atoms with van der Waals surface area (Å²) >= 11 is 0. The molecule has 0 saturated carbocycles. The number of carbonyl (C=O) groups is 1. The molecule has 0 bridgehead atoms. The predicted octanol–water partition coefficient (Wildman–Crippen LogP) is 4.15. The zero-order valence-corrected chi connectivity index (χ0v) is 18.7. The molecule has 0 saturated heterocycles. The topological polar surface area (TPSA) is 88.2 Å². The number of hydrogen-bond donors (Lipinski definition) is 2. The molecule has 0 unspecified atom stereocenters. The first-order chi connectivity index (χ1) is 14.7. The van der Waals surface area contributed by atoms with E-state index in [2.05, 4.69) is 36.4 Å². The molecule has 1 aromatic heterocycles. The van der Waals surface area contributed by atoms with E-state index in [-0.39, 0.29) is 28.6 Å². The molecule has 0 fully saturated rings. The number of amides is 1. The summed E-state index contributed by atoms with van der Waals surface area (Å²) in [5.41, 5.74) is 2.86. The molecule has 162 valence electrons. The van der Waals surface area contributed by atoms with Crippen LogP contribution in [-0.2, 0) is 21.8 Å². The Labute approximate surface area is 183 Å². The van der Waals surface area contributed by atoms with Crippen molar-refractivity contribution in [1.82, 2.24) is 10.3 Å². The highest BCUT2D eigenvalue weighted by molar-refractivity contribution is 7.91. The van der Waals surface area contributed by atoms with Crippen LogP contribution in [0.25, 0.3) is 0 Å². The summed E-state index contributed by atoms with van der Waals surface area (Å²) in [5, 5.41) is 5.81. The fourth-order valence-corrected chi connectivity index (χ4v) is 4.13. The Morgan fingerprint density at radius 3 is 2.29 bits per heavy atom. The smallest absolute Gasteiger partial charge is 0.255 e. The Hall–Kier alpha value is -3.03. The van der Waals surface area contributed by atoms with Gasteiger partial charge in [-0.25, -0.2) is 8.42 Å². The van der Waals surface area contributed by atoms with Gasteiger partial charge in [0.1, 0.15) is 5.88 Å². The fourth-order valence-electron chi connectivity index (χ4n) is 3.04. The lowest BCUT2D eigenvalue weighted by Gasteiger charge is -2.19. The fraction of sp³-hybridized carbons (Fsp3) is 0.250. The van der Waals surface area contributed by atoms with Gasteiger partial charge in [-0.3, -0.25) is 15.1 Å². The molecule has 3 aromatic rings. The van der Waals surface area contributed by atoms with Gasteiger partial charge in [0.2, 0.25) is 0 Å². The van der Waals surface area contributed by atoms with Crippen molar-refractivity contribution in [2.75, 3.05) is 11.2 Å².